The van der Waals surface area contributed by atoms with Crippen LogP contribution in [0, 0.1) is 10.1 Å². The molecule has 2 heterocycles. The molecule has 0 aliphatic carbocycles. The maximum atomic E-state index is 11.0. The lowest BCUT2D eigenvalue weighted by molar-refractivity contribution is -0.696. The summed E-state index contributed by atoms with van der Waals surface area (Å²) in [7, 11) is 0. The molecule has 6 nitrogen and oxygen atoms in total. The molecule has 1 aromatic carbocycles. The van der Waals surface area contributed by atoms with Gasteiger partial charge in [0.15, 0.2) is 24.5 Å². The number of nitrogens with one attached hydrogen (secondary N) is 1. The Morgan fingerprint density at radius 2 is 1.95 bits per heavy atom. The van der Waals surface area contributed by atoms with Gasteiger partial charge in [0.1, 0.15) is 5.82 Å². The molecule has 0 bridgehead atoms. The van der Waals surface area contributed by atoms with Crippen LogP contribution in [-0.2, 0) is 13.0 Å². The maximum absolute atomic E-state index is 11.0. The summed E-state index contributed by atoms with van der Waals surface area (Å²) in [6.45, 7) is 0.772. The first-order chi connectivity index (χ1) is 9.74. The van der Waals surface area contributed by atoms with Gasteiger partial charge in [-0.25, -0.2) is 9.55 Å². The van der Waals surface area contributed by atoms with E-state index in [1.54, 1.807) is 12.1 Å². The molecular formula is C14H13ClN4O2. The Morgan fingerprint density at radius 1 is 1.19 bits per heavy atom. The number of halogens is 1. The number of hydrogen-bond acceptors (Lipinski definition) is 3. The summed E-state index contributed by atoms with van der Waals surface area (Å²) in [5.74, 6) is 0.755. The Morgan fingerprint density at radius 3 is 2.67 bits per heavy atom. The molecule has 0 amide bonds. The van der Waals surface area contributed by atoms with Crippen molar-refractivity contribution in [1.82, 2.24) is 9.97 Å². The molecule has 0 aliphatic heterocycles. The Kier molecular flexibility index (Phi) is 4.49. The van der Waals surface area contributed by atoms with Gasteiger partial charge in [-0.3, -0.25) is 10.1 Å². The van der Waals surface area contributed by atoms with E-state index >= 15 is 0 Å². The smallest absolute Gasteiger partial charge is 0.297 e. The molecule has 2 aromatic heterocycles. The van der Waals surface area contributed by atoms with Crippen molar-refractivity contribution in [3.63, 3.8) is 0 Å². The van der Waals surface area contributed by atoms with E-state index in [1.165, 1.54) is 6.07 Å². The van der Waals surface area contributed by atoms with Crippen LogP contribution in [0.25, 0.3) is 11.0 Å². The van der Waals surface area contributed by atoms with E-state index in [-0.39, 0.29) is 18.1 Å². The van der Waals surface area contributed by atoms with E-state index < -0.39 is 4.92 Å². The van der Waals surface area contributed by atoms with Crippen LogP contribution >= 0.6 is 0 Å². The van der Waals surface area contributed by atoms with Crippen molar-refractivity contribution in [3.8, 4) is 0 Å². The number of benzene rings is 1. The van der Waals surface area contributed by atoms with Crippen LogP contribution < -0.4 is 17.0 Å². The number of hydrogen-bond donors (Lipinski definition) is 1. The number of aryl methyl sites for hydroxylation is 2. The van der Waals surface area contributed by atoms with Gasteiger partial charge in [0.25, 0.3) is 5.69 Å². The van der Waals surface area contributed by atoms with Crippen LogP contribution in [0.2, 0.25) is 0 Å². The van der Waals surface area contributed by atoms with E-state index in [4.69, 9.17) is 0 Å². The van der Waals surface area contributed by atoms with Gasteiger partial charge < -0.3 is 17.4 Å². The average Bonchev–Trinajstić information content (AvgIpc) is 2.88. The predicted octanol–water partition coefficient (Wildman–Crippen LogP) is -0.995. The molecule has 0 saturated heterocycles. The fraction of sp³-hybridized carbons (Fsp3) is 0.143. The number of para-hydroxylation sites is 1. The van der Waals surface area contributed by atoms with E-state index in [1.807, 2.05) is 35.2 Å². The topological polar surface area (TPSA) is 75.7 Å². The quantitative estimate of drug-likeness (QED) is 0.382. The third kappa shape index (κ3) is 3.17. The normalized spacial score (nSPS) is 10.3. The Balaban J connectivity index is 0.00000161. The molecule has 3 rings (SSSR count). The fourth-order valence-corrected chi connectivity index (χ4v) is 2.15. The van der Waals surface area contributed by atoms with Crippen LogP contribution in [0.4, 0.5) is 5.69 Å². The lowest BCUT2D eigenvalue weighted by Crippen LogP contribution is -3.00. The van der Waals surface area contributed by atoms with E-state index in [0.29, 0.717) is 17.5 Å². The minimum atomic E-state index is -0.404. The number of pyridine rings is 1. The SMILES string of the molecule is O=[N+]([O-])c1cccc2[nH]c(CC[n+]3ccccc3)nc12.[Cl-]. The van der Waals surface area contributed by atoms with E-state index in [9.17, 15) is 10.1 Å². The van der Waals surface area contributed by atoms with Gasteiger partial charge in [-0.05, 0) is 6.07 Å². The third-order valence-electron chi connectivity index (χ3n) is 3.12. The number of nitro benzene ring substituents is 1. The highest BCUT2D eigenvalue weighted by Gasteiger charge is 2.15. The maximum Gasteiger partial charge on any atom is 0.297 e. The molecule has 3 aromatic rings. The summed E-state index contributed by atoms with van der Waals surface area (Å²) in [6, 6.07) is 10.8. The van der Waals surface area contributed by atoms with Crippen molar-refractivity contribution < 1.29 is 21.9 Å². The Bertz CT molecular complexity index is 758. The van der Waals surface area contributed by atoms with Gasteiger partial charge in [-0.15, -0.1) is 0 Å². The van der Waals surface area contributed by atoms with E-state index in [0.717, 1.165) is 12.4 Å². The number of fused-ring (bicyclic) bond motifs is 1. The molecular weight excluding hydrogens is 292 g/mol. The first kappa shape index (κ1) is 14.9. The number of imidazole rings is 1. The summed E-state index contributed by atoms with van der Waals surface area (Å²) in [5, 5.41) is 11.0. The predicted molar refractivity (Wildman–Crippen MR) is 73.1 cm³/mol. The first-order valence-electron chi connectivity index (χ1n) is 6.30. The summed E-state index contributed by atoms with van der Waals surface area (Å²) in [5.41, 5.74) is 1.16. The molecule has 0 radical (unpaired) electrons. The third-order valence-corrected chi connectivity index (χ3v) is 3.12. The zero-order valence-electron chi connectivity index (χ0n) is 11.1. The molecule has 0 aliphatic rings. The van der Waals surface area contributed by atoms with Gasteiger partial charge >= 0.3 is 0 Å². The molecule has 21 heavy (non-hydrogen) atoms. The van der Waals surface area contributed by atoms with Crippen LogP contribution in [0.3, 0.4) is 0 Å². The number of aromatic nitrogens is 3. The second-order valence-electron chi connectivity index (χ2n) is 4.48. The van der Waals surface area contributed by atoms with Crippen molar-refractivity contribution in [3.05, 3.63) is 64.7 Å². The molecule has 0 atom stereocenters. The lowest BCUT2D eigenvalue weighted by atomic mass is 10.3. The summed E-state index contributed by atoms with van der Waals surface area (Å²) in [4.78, 5) is 18.0. The van der Waals surface area contributed by atoms with Gasteiger partial charge in [0.05, 0.1) is 16.9 Å². The monoisotopic (exact) mass is 304 g/mol. The average molecular weight is 305 g/mol. The van der Waals surface area contributed by atoms with Gasteiger partial charge in [0.2, 0.25) is 0 Å². The zero-order valence-corrected chi connectivity index (χ0v) is 11.8. The second-order valence-corrected chi connectivity index (χ2v) is 4.48. The number of nitrogens with zero attached hydrogens (tertiary/aromatic N) is 3. The molecule has 108 valence electrons. The summed E-state index contributed by atoms with van der Waals surface area (Å²) < 4.78 is 2.04. The first-order valence-corrected chi connectivity index (χ1v) is 6.30. The van der Waals surface area contributed by atoms with Gasteiger partial charge in [0, 0.05) is 18.2 Å². The number of rotatable bonds is 4. The van der Waals surface area contributed by atoms with Crippen LogP contribution in [0.15, 0.2) is 48.8 Å². The van der Waals surface area contributed by atoms with Crippen molar-refractivity contribution >= 4 is 16.7 Å². The minimum absolute atomic E-state index is 0. The Labute approximate surface area is 127 Å². The number of nitro groups is 1. The zero-order chi connectivity index (χ0) is 13.9. The van der Waals surface area contributed by atoms with Crippen molar-refractivity contribution in [2.75, 3.05) is 0 Å². The summed E-state index contributed by atoms with van der Waals surface area (Å²) in [6.07, 6.45) is 4.65. The summed E-state index contributed by atoms with van der Waals surface area (Å²) >= 11 is 0. The number of aromatic amines is 1. The van der Waals surface area contributed by atoms with Crippen LogP contribution in [0.1, 0.15) is 5.82 Å². The molecule has 0 spiro atoms. The van der Waals surface area contributed by atoms with Crippen molar-refractivity contribution in [1.29, 1.82) is 0 Å². The second kappa shape index (κ2) is 6.32. The van der Waals surface area contributed by atoms with Gasteiger partial charge in [-0.1, -0.05) is 12.1 Å². The highest BCUT2D eigenvalue weighted by Crippen LogP contribution is 2.23. The molecule has 1 N–H and O–H groups in total. The van der Waals surface area contributed by atoms with E-state index in [2.05, 4.69) is 9.97 Å². The highest BCUT2D eigenvalue weighted by atomic mass is 35.5. The Hall–Kier alpha value is -2.47. The van der Waals surface area contributed by atoms with Gasteiger partial charge in [-0.2, -0.15) is 0 Å². The van der Waals surface area contributed by atoms with Crippen molar-refractivity contribution in [2.24, 2.45) is 0 Å². The van der Waals surface area contributed by atoms with Crippen LogP contribution in [-0.4, -0.2) is 14.9 Å². The molecule has 0 fully saturated rings. The highest BCUT2D eigenvalue weighted by molar-refractivity contribution is 5.84. The number of H-pyrrole nitrogens is 1. The van der Waals surface area contributed by atoms with Crippen LogP contribution in [0.5, 0.6) is 0 Å². The number of non-ortho nitro benzene ring substituents is 1. The molecule has 0 saturated carbocycles. The fourth-order valence-electron chi connectivity index (χ4n) is 2.15. The molecule has 7 heteroatoms. The minimum Gasteiger partial charge on any atom is -1.00 e. The lowest BCUT2D eigenvalue weighted by Gasteiger charge is -1.93. The largest absolute Gasteiger partial charge is 1.00 e. The molecule has 0 unspecified atom stereocenters. The van der Waals surface area contributed by atoms with Crippen molar-refractivity contribution in [2.45, 2.75) is 13.0 Å². The standard InChI is InChI=1S/C14H13N4O2.ClH/c19-18(20)12-6-4-5-11-14(12)16-13(15-11)7-10-17-8-2-1-3-9-17;/h1-6,8-9H,7,10H2,(H,15,16);1H/q+1;/p-1.